The minimum absolute atomic E-state index is 0.0183. The molecule has 2 N–H and O–H groups in total. The molecule has 4 nitrogen and oxygen atoms in total. The Morgan fingerprint density at radius 2 is 2.18 bits per heavy atom. The fourth-order valence-corrected chi connectivity index (χ4v) is 1.78. The lowest BCUT2D eigenvalue weighted by Crippen LogP contribution is -2.18. The van der Waals surface area contributed by atoms with Crippen molar-refractivity contribution in [1.29, 1.82) is 0 Å². The van der Waals surface area contributed by atoms with Gasteiger partial charge in [-0.25, -0.2) is 0 Å². The minimum atomic E-state index is -0.0183. The molecule has 0 spiro atoms. The predicted octanol–water partition coefficient (Wildman–Crippen LogP) is 2.93. The molecule has 90 valence electrons. The van der Waals surface area contributed by atoms with Crippen molar-refractivity contribution in [3.05, 3.63) is 34.1 Å². The van der Waals surface area contributed by atoms with Gasteiger partial charge in [-0.15, -0.1) is 0 Å². The summed E-state index contributed by atoms with van der Waals surface area (Å²) < 4.78 is 5.13. The monoisotopic (exact) mass is 271 g/mol. The van der Waals surface area contributed by atoms with Gasteiger partial charge in [-0.1, -0.05) is 34.4 Å². The molecular formula is C11H11Cl2N3O. The first-order valence-electron chi connectivity index (χ1n) is 5.10. The molecule has 1 aromatic carbocycles. The van der Waals surface area contributed by atoms with Crippen LogP contribution in [0.25, 0.3) is 11.5 Å². The fourth-order valence-electron chi connectivity index (χ4n) is 1.40. The molecule has 0 saturated heterocycles. The fraction of sp³-hybridized carbons (Fsp3) is 0.273. The Balaban J connectivity index is 2.34. The van der Waals surface area contributed by atoms with Gasteiger partial charge in [0.2, 0.25) is 0 Å². The zero-order chi connectivity index (χ0) is 12.4. The summed E-state index contributed by atoms with van der Waals surface area (Å²) in [5.74, 6) is 0.916. The van der Waals surface area contributed by atoms with Crippen molar-refractivity contribution in [2.45, 2.75) is 19.4 Å². The lowest BCUT2D eigenvalue weighted by molar-refractivity contribution is 0.420. The molecule has 0 saturated carbocycles. The maximum atomic E-state index is 6.06. The molecule has 2 rings (SSSR count). The molecule has 1 heterocycles. The summed E-state index contributed by atoms with van der Waals surface area (Å²) in [5, 5.41) is 4.70. The molecule has 1 atom stereocenters. The van der Waals surface area contributed by atoms with Gasteiger partial charge in [0, 0.05) is 12.5 Å². The van der Waals surface area contributed by atoms with Crippen LogP contribution >= 0.6 is 23.2 Å². The molecule has 0 aliphatic heterocycles. The van der Waals surface area contributed by atoms with Gasteiger partial charge < -0.3 is 10.3 Å². The molecule has 0 radical (unpaired) electrons. The second kappa shape index (κ2) is 5.04. The molecule has 17 heavy (non-hydrogen) atoms. The summed E-state index contributed by atoms with van der Waals surface area (Å²) in [4.78, 5) is 4.22. The quantitative estimate of drug-likeness (QED) is 0.932. The zero-order valence-corrected chi connectivity index (χ0v) is 10.7. The van der Waals surface area contributed by atoms with Gasteiger partial charge in [-0.05, 0) is 19.1 Å². The number of nitrogens with two attached hydrogens (primary N) is 1. The van der Waals surface area contributed by atoms with Gasteiger partial charge in [0.25, 0.3) is 5.89 Å². The van der Waals surface area contributed by atoms with Crippen molar-refractivity contribution in [2.75, 3.05) is 0 Å². The van der Waals surface area contributed by atoms with E-state index in [2.05, 4.69) is 10.1 Å². The Hall–Kier alpha value is -1.10. The Bertz CT molecular complexity index is 525. The summed E-state index contributed by atoms with van der Waals surface area (Å²) in [7, 11) is 0. The molecule has 1 aromatic heterocycles. The number of hydrogen-bond acceptors (Lipinski definition) is 4. The second-order valence-electron chi connectivity index (χ2n) is 3.80. The third-order valence-corrected chi connectivity index (χ3v) is 2.97. The van der Waals surface area contributed by atoms with Crippen molar-refractivity contribution in [2.24, 2.45) is 5.73 Å². The average Bonchev–Trinajstić information content (AvgIpc) is 2.69. The average molecular weight is 272 g/mol. The highest BCUT2D eigenvalue weighted by Gasteiger charge is 2.14. The largest absolute Gasteiger partial charge is 0.334 e. The van der Waals surface area contributed by atoms with Gasteiger partial charge in [0.05, 0.1) is 15.6 Å². The molecule has 0 aliphatic rings. The van der Waals surface area contributed by atoms with E-state index in [9.17, 15) is 0 Å². The summed E-state index contributed by atoms with van der Waals surface area (Å²) >= 11 is 12.0. The Morgan fingerprint density at radius 3 is 2.88 bits per heavy atom. The van der Waals surface area contributed by atoms with E-state index in [1.807, 2.05) is 6.92 Å². The van der Waals surface area contributed by atoms with Crippen LogP contribution in [-0.4, -0.2) is 16.2 Å². The van der Waals surface area contributed by atoms with Crippen LogP contribution in [0.3, 0.4) is 0 Å². The Morgan fingerprint density at radius 1 is 1.41 bits per heavy atom. The highest BCUT2D eigenvalue weighted by atomic mass is 35.5. The second-order valence-corrected chi connectivity index (χ2v) is 4.58. The van der Waals surface area contributed by atoms with Crippen LogP contribution in [0.2, 0.25) is 10.0 Å². The topological polar surface area (TPSA) is 64.9 Å². The molecule has 6 heteroatoms. The van der Waals surface area contributed by atoms with Crippen LogP contribution in [0.5, 0.6) is 0 Å². The van der Waals surface area contributed by atoms with E-state index in [-0.39, 0.29) is 6.04 Å². The van der Waals surface area contributed by atoms with Crippen molar-refractivity contribution in [1.82, 2.24) is 10.1 Å². The summed E-state index contributed by atoms with van der Waals surface area (Å²) in [6, 6.07) is 5.23. The normalized spacial score (nSPS) is 12.7. The molecule has 0 amide bonds. The van der Waals surface area contributed by atoms with Gasteiger partial charge in [-0.2, -0.15) is 4.98 Å². The van der Waals surface area contributed by atoms with E-state index in [4.69, 9.17) is 33.5 Å². The standard InChI is InChI=1S/C11H11Cl2N3O/c1-6(14)5-9-15-11(17-16-9)7-3-2-4-8(12)10(7)13/h2-4,6H,5,14H2,1H3. The van der Waals surface area contributed by atoms with Crippen LogP contribution < -0.4 is 5.73 Å². The predicted molar refractivity (Wildman–Crippen MR) is 67.1 cm³/mol. The smallest absolute Gasteiger partial charge is 0.259 e. The Kier molecular flexibility index (Phi) is 3.66. The Labute approximate surface area is 109 Å². The lowest BCUT2D eigenvalue weighted by atomic mass is 10.2. The number of hydrogen-bond donors (Lipinski definition) is 1. The van der Waals surface area contributed by atoms with Crippen LogP contribution in [0, 0.1) is 0 Å². The maximum absolute atomic E-state index is 6.06. The highest BCUT2D eigenvalue weighted by Crippen LogP contribution is 2.32. The summed E-state index contributed by atoms with van der Waals surface area (Å²) in [5.41, 5.74) is 6.28. The van der Waals surface area contributed by atoms with E-state index in [1.54, 1.807) is 18.2 Å². The molecule has 0 aliphatic carbocycles. The first-order chi connectivity index (χ1) is 8.08. The summed E-state index contributed by atoms with van der Waals surface area (Å²) in [6.07, 6.45) is 0.557. The first-order valence-corrected chi connectivity index (χ1v) is 5.86. The van der Waals surface area contributed by atoms with Crippen molar-refractivity contribution in [3.63, 3.8) is 0 Å². The van der Waals surface area contributed by atoms with Gasteiger partial charge in [0.15, 0.2) is 5.82 Å². The number of benzene rings is 1. The first kappa shape index (κ1) is 12.4. The number of nitrogens with zero attached hydrogens (tertiary/aromatic N) is 2. The molecule has 0 bridgehead atoms. The zero-order valence-electron chi connectivity index (χ0n) is 9.15. The van der Waals surface area contributed by atoms with E-state index in [0.29, 0.717) is 33.7 Å². The highest BCUT2D eigenvalue weighted by molar-refractivity contribution is 6.43. The van der Waals surface area contributed by atoms with Crippen LogP contribution in [-0.2, 0) is 6.42 Å². The van der Waals surface area contributed by atoms with Gasteiger partial charge in [0.1, 0.15) is 0 Å². The van der Waals surface area contributed by atoms with E-state index in [0.717, 1.165) is 0 Å². The maximum Gasteiger partial charge on any atom is 0.259 e. The SMILES string of the molecule is CC(N)Cc1noc(-c2cccc(Cl)c2Cl)n1. The minimum Gasteiger partial charge on any atom is -0.334 e. The molecular weight excluding hydrogens is 261 g/mol. The number of aromatic nitrogens is 2. The third kappa shape index (κ3) is 2.77. The molecule has 1 unspecified atom stereocenters. The van der Waals surface area contributed by atoms with Crippen molar-refractivity contribution < 1.29 is 4.52 Å². The summed E-state index contributed by atoms with van der Waals surface area (Å²) in [6.45, 7) is 1.88. The molecule has 0 fully saturated rings. The van der Waals surface area contributed by atoms with Crippen LogP contribution in [0.1, 0.15) is 12.7 Å². The molecule has 2 aromatic rings. The van der Waals surface area contributed by atoms with Crippen molar-refractivity contribution in [3.8, 4) is 11.5 Å². The van der Waals surface area contributed by atoms with Gasteiger partial charge >= 0.3 is 0 Å². The van der Waals surface area contributed by atoms with Gasteiger partial charge in [-0.3, -0.25) is 0 Å². The van der Waals surface area contributed by atoms with E-state index >= 15 is 0 Å². The lowest BCUT2D eigenvalue weighted by Gasteiger charge is -1.99. The number of halogens is 2. The van der Waals surface area contributed by atoms with Crippen molar-refractivity contribution >= 4 is 23.2 Å². The van der Waals surface area contributed by atoms with Crippen LogP contribution in [0.4, 0.5) is 0 Å². The van der Waals surface area contributed by atoms with Crippen LogP contribution in [0.15, 0.2) is 22.7 Å². The third-order valence-electron chi connectivity index (χ3n) is 2.15. The van der Waals surface area contributed by atoms with E-state index in [1.165, 1.54) is 0 Å². The number of rotatable bonds is 3. The van der Waals surface area contributed by atoms with E-state index < -0.39 is 0 Å².